The maximum Gasteiger partial charge on any atom is 0.416 e. The minimum absolute atomic E-state index is 0.0716. The number of sulfonamides is 1. The Hall–Kier alpha value is -3.67. The zero-order chi connectivity index (χ0) is 26.9. The summed E-state index contributed by atoms with van der Waals surface area (Å²) in [5.41, 5.74) is 2.65. The Morgan fingerprint density at radius 1 is 1.27 bits per heavy atom. The molecule has 0 aliphatic carbocycles. The van der Waals surface area contributed by atoms with Crippen molar-refractivity contribution >= 4 is 33.3 Å². The van der Waals surface area contributed by atoms with Crippen LogP contribution in [0.5, 0.6) is 5.75 Å². The predicted molar refractivity (Wildman–Crippen MR) is 138 cm³/mol. The van der Waals surface area contributed by atoms with E-state index in [2.05, 4.69) is 11.3 Å². The second kappa shape index (κ2) is 10.4. The zero-order valence-electron chi connectivity index (χ0n) is 20.8. The van der Waals surface area contributed by atoms with Crippen LogP contribution in [0.25, 0.3) is 5.57 Å². The summed E-state index contributed by atoms with van der Waals surface area (Å²) in [6, 6.07) is 8.64. The number of carbonyl (C=O) groups excluding carboxylic acids is 2. The second-order valence-electron chi connectivity index (χ2n) is 8.65. The largest absolute Gasteiger partial charge is 0.496 e. The first-order chi connectivity index (χ1) is 17.6. The number of methoxy groups -OCH3 is 1. The number of ether oxygens (including phenoxy) is 2. The molecule has 4 rings (SSSR count). The number of hydrogen-bond donors (Lipinski definition) is 2. The van der Waals surface area contributed by atoms with E-state index in [1.54, 1.807) is 37.3 Å². The average Bonchev–Trinajstić information content (AvgIpc) is 2.99. The van der Waals surface area contributed by atoms with Crippen molar-refractivity contribution in [3.8, 4) is 5.75 Å². The molecule has 2 atom stereocenters. The standard InChI is InChI=1S/C26H29N3O7S/c1-5-12-36-26(32)29-21-13-16(2)23(35-4)15-20(21)24(30)28-11-10-18(14-22(28)25(29)31)17-6-8-19(9-7-17)37(33,34)27-3/h5-9,13-15,22,25,27,31H,1,10-12H2,2-4H3/t22-,25?/m0/s1. The van der Waals surface area contributed by atoms with Crippen LogP contribution in [0.15, 0.2) is 60.0 Å². The summed E-state index contributed by atoms with van der Waals surface area (Å²) in [5, 5.41) is 11.5. The third kappa shape index (κ3) is 4.85. The Kier molecular flexibility index (Phi) is 7.39. The first-order valence-corrected chi connectivity index (χ1v) is 13.1. The summed E-state index contributed by atoms with van der Waals surface area (Å²) in [4.78, 5) is 29.5. The number of amides is 2. The highest BCUT2D eigenvalue weighted by Crippen LogP contribution is 2.38. The van der Waals surface area contributed by atoms with Crippen molar-refractivity contribution in [3.63, 3.8) is 0 Å². The second-order valence-corrected chi connectivity index (χ2v) is 10.5. The number of hydrogen-bond acceptors (Lipinski definition) is 7. The molecule has 2 amide bonds. The Morgan fingerprint density at radius 2 is 1.97 bits per heavy atom. The molecule has 2 heterocycles. The fourth-order valence-corrected chi connectivity index (χ4v) is 5.31. The molecule has 0 aromatic heterocycles. The van der Waals surface area contributed by atoms with E-state index in [-0.39, 0.29) is 35.2 Å². The van der Waals surface area contributed by atoms with Gasteiger partial charge < -0.3 is 19.5 Å². The Morgan fingerprint density at radius 3 is 2.59 bits per heavy atom. The fraction of sp³-hybridized carbons (Fsp3) is 0.308. The molecule has 0 radical (unpaired) electrons. The third-order valence-corrected chi connectivity index (χ3v) is 7.94. The summed E-state index contributed by atoms with van der Waals surface area (Å²) >= 11 is 0. The van der Waals surface area contributed by atoms with Gasteiger partial charge in [0.05, 0.1) is 29.3 Å². The van der Waals surface area contributed by atoms with E-state index >= 15 is 0 Å². The van der Waals surface area contributed by atoms with E-state index in [4.69, 9.17) is 9.47 Å². The molecular formula is C26H29N3O7S. The molecule has 10 nitrogen and oxygen atoms in total. The SMILES string of the molecule is C=CCOC(=O)N1c2cc(C)c(OC)cc2C(=O)N2CCC(c3ccc(S(=O)(=O)NC)cc3)=C[C@H]2C1O. The van der Waals surface area contributed by atoms with E-state index in [9.17, 15) is 23.1 Å². The lowest BCUT2D eigenvalue weighted by Crippen LogP contribution is -2.54. The number of carbonyl (C=O) groups is 2. The van der Waals surface area contributed by atoms with Gasteiger partial charge in [0.15, 0.2) is 6.23 Å². The van der Waals surface area contributed by atoms with Crippen molar-refractivity contribution in [2.45, 2.75) is 30.5 Å². The van der Waals surface area contributed by atoms with E-state index in [0.717, 1.165) is 16.0 Å². The van der Waals surface area contributed by atoms with Gasteiger partial charge in [0.1, 0.15) is 12.4 Å². The van der Waals surface area contributed by atoms with Gasteiger partial charge in [-0.05, 0) is 61.4 Å². The van der Waals surface area contributed by atoms with Crippen molar-refractivity contribution in [1.82, 2.24) is 9.62 Å². The molecule has 1 unspecified atom stereocenters. The number of aryl methyl sites for hydroxylation is 1. The monoisotopic (exact) mass is 527 g/mol. The Balaban J connectivity index is 1.79. The zero-order valence-corrected chi connectivity index (χ0v) is 21.6. The molecule has 0 spiro atoms. The van der Waals surface area contributed by atoms with Crippen LogP contribution in [0.3, 0.4) is 0 Å². The van der Waals surface area contributed by atoms with Crippen LogP contribution in [0.1, 0.15) is 27.9 Å². The summed E-state index contributed by atoms with van der Waals surface area (Å²) in [6.07, 6.45) is 1.34. The number of aliphatic hydroxyl groups excluding tert-OH is 1. The number of aliphatic hydroxyl groups is 1. The highest BCUT2D eigenvalue weighted by atomic mass is 32.2. The van der Waals surface area contributed by atoms with E-state index in [1.807, 2.05) is 0 Å². The third-order valence-electron chi connectivity index (χ3n) is 6.51. The number of rotatable bonds is 6. The van der Waals surface area contributed by atoms with Gasteiger partial charge in [-0.2, -0.15) is 0 Å². The number of benzene rings is 2. The number of nitrogens with one attached hydrogen (secondary N) is 1. The molecule has 2 N–H and O–H groups in total. The van der Waals surface area contributed by atoms with E-state index in [1.165, 1.54) is 37.3 Å². The molecule has 0 fully saturated rings. The summed E-state index contributed by atoms with van der Waals surface area (Å²) in [5.74, 6) is 0.117. The predicted octanol–water partition coefficient (Wildman–Crippen LogP) is 2.67. The average molecular weight is 528 g/mol. The van der Waals surface area contributed by atoms with Crippen LogP contribution in [-0.2, 0) is 14.8 Å². The number of nitrogens with zero attached hydrogens (tertiary/aromatic N) is 2. The lowest BCUT2D eigenvalue weighted by Gasteiger charge is -2.37. The fourth-order valence-electron chi connectivity index (χ4n) is 4.58. The van der Waals surface area contributed by atoms with Gasteiger partial charge in [-0.3, -0.25) is 4.79 Å². The van der Waals surface area contributed by atoms with Crippen LogP contribution in [0, 0.1) is 6.92 Å². The minimum atomic E-state index is -3.59. The van der Waals surface area contributed by atoms with Crippen LogP contribution in [0.4, 0.5) is 10.5 Å². The highest BCUT2D eigenvalue weighted by Gasteiger charge is 2.43. The minimum Gasteiger partial charge on any atom is -0.496 e. The Labute approximate surface area is 215 Å². The molecule has 2 aliphatic rings. The Bertz CT molecular complexity index is 1370. The summed E-state index contributed by atoms with van der Waals surface area (Å²) in [6.45, 7) is 5.53. The van der Waals surface area contributed by atoms with Crippen molar-refractivity contribution in [2.24, 2.45) is 0 Å². The van der Waals surface area contributed by atoms with Gasteiger partial charge >= 0.3 is 6.09 Å². The van der Waals surface area contributed by atoms with Crippen molar-refractivity contribution in [1.29, 1.82) is 0 Å². The van der Waals surface area contributed by atoms with Crippen molar-refractivity contribution in [2.75, 3.05) is 32.2 Å². The van der Waals surface area contributed by atoms with Gasteiger partial charge in [0, 0.05) is 6.54 Å². The molecule has 0 saturated carbocycles. The topological polar surface area (TPSA) is 125 Å². The summed E-state index contributed by atoms with van der Waals surface area (Å²) < 4.78 is 37.1. The van der Waals surface area contributed by atoms with Gasteiger partial charge in [0.2, 0.25) is 10.0 Å². The molecule has 11 heteroatoms. The molecule has 2 aliphatic heterocycles. The number of anilines is 1. The molecule has 2 aromatic rings. The van der Waals surface area contributed by atoms with Crippen LogP contribution < -0.4 is 14.4 Å². The molecule has 196 valence electrons. The molecule has 2 aromatic carbocycles. The van der Waals surface area contributed by atoms with Crippen molar-refractivity contribution in [3.05, 3.63) is 71.8 Å². The number of fused-ring (bicyclic) bond motifs is 2. The molecule has 0 bridgehead atoms. The quantitative estimate of drug-likeness (QED) is 0.553. The maximum atomic E-state index is 13.7. The van der Waals surface area contributed by atoms with Crippen molar-refractivity contribution < 1.29 is 32.6 Å². The van der Waals surface area contributed by atoms with E-state index in [0.29, 0.717) is 17.7 Å². The summed E-state index contributed by atoms with van der Waals surface area (Å²) in [7, 11) is -0.755. The molecule has 0 saturated heterocycles. The normalized spacial score (nSPS) is 19.4. The van der Waals surface area contributed by atoms with Crippen LogP contribution in [0.2, 0.25) is 0 Å². The van der Waals surface area contributed by atoms with Gasteiger partial charge in [-0.15, -0.1) is 0 Å². The lowest BCUT2D eigenvalue weighted by molar-refractivity contribution is 0.0476. The van der Waals surface area contributed by atoms with E-state index < -0.39 is 28.4 Å². The van der Waals surface area contributed by atoms with Crippen LogP contribution in [-0.4, -0.2) is 70.0 Å². The smallest absolute Gasteiger partial charge is 0.416 e. The maximum absolute atomic E-state index is 13.7. The van der Waals surface area contributed by atoms with Gasteiger partial charge in [-0.25, -0.2) is 22.8 Å². The lowest BCUT2D eigenvalue weighted by atomic mass is 9.94. The first kappa shape index (κ1) is 26.4. The van der Waals surface area contributed by atoms with Gasteiger partial charge in [-0.1, -0.05) is 30.9 Å². The highest BCUT2D eigenvalue weighted by molar-refractivity contribution is 7.89. The first-order valence-electron chi connectivity index (χ1n) is 11.6. The van der Waals surface area contributed by atoms with Gasteiger partial charge in [0.25, 0.3) is 5.91 Å². The van der Waals surface area contributed by atoms with Crippen LogP contribution >= 0.6 is 0 Å². The molecular weight excluding hydrogens is 498 g/mol. The molecule has 37 heavy (non-hydrogen) atoms.